The Morgan fingerprint density at radius 3 is 2.41 bits per heavy atom. The van der Waals surface area contributed by atoms with Crippen molar-refractivity contribution in [2.75, 3.05) is 18.8 Å². The summed E-state index contributed by atoms with van der Waals surface area (Å²) < 4.78 is 26.2. The summed E-state index contributed by atoms with van der Waals surface area (Å²) in [5.74, 6) is 0. The highest BCUT2D eigenvalue weighted by Gasteiger charge is 2.27. The molecular formula is C11H17N3O2S. The van der Waals surface area contributed by atoms with Gasteiger partial charge in [-0.25, -0.2) is 13.4 Å². The third-order valence-electron chi connectivity index (χ3n) is 2.95. The first-order chi connectivity index (χ1) is 8.12. The molecule has 0 saturated carbocycles. The van der Waals surface area contributed by atoms with Gasteiger partial charge in [-0.15, -0.1) is 0 Å². The SMILES string of the molecule is Nc1cccnc1S(=O)(=O)N1CCCCCC1. The van der Waals surface area contributed by atoms with Crippen LogP contribution in [0.1, 0.15) is 25.7 Å². The monoisotopic (exact) mass is 255 g/mol. The van der Waals surface area contributed by atoms with Crippen molar-refractivity contribution in [2.24, 2.45) is 0 Å². The fraction of sp³-hybridized carbons (Fsp3) is 0.545. The molecule has 17 heavy (non-hydrogen) atoms. The van der Waals surface area contributed by atoms with Gasteiger partial charge in [0.15, 0.2) is 5.03 Å². The van der Waals surface area contributed by atoms with Crippen molar-refractivity contribution in [3.8, 4) is 0 Å². The van der Waals surface area contributed by atoms with Crippen molar-refractivity contribution in [1.29, 1.82) is 0 Å². The van der Waals surface area contributed by atoms with E-state index < -0.39 is 10.0 Å². The van der Waals surface area contributed by atoms with Gasteiger partial charge in [-0.3, -0.25) is 0 Å². The number of nitrogen functional groups attached to an aromatic ring is 1. The zero-order valence-corrected chi connectivity index (χ0v) is 10.5. The van der Waals surface area contributed by atoms with Gasteiger partial charge in [0.25, 0.3) is 10.0 Å². The average molecular weight is 255 g/mol. The van der Waals surface area contributed by atoms with Gasteiger partial charge in [0.2, 0.25) is 0 Å². The van der Waals surface area contributed by atoms with Crippen LogP contribution >= 0.6 is 0 Å². The molecule has 0 amide bonds. The van der Waals surface area contributed by atoms with Crippen molar-refractivity contribution in [3.05, 3.63) is 18.3 Å². The van der Waals surface area contributed by atoms with E-state index >= 15 is 0 Å². The lowest BCUT2D eigenvalue weighted by Crippen LogP contribution is -2.33. The van der Waals surface area contributed by atoms with Crippen LogP contribution in [0.3, 0.4) is 0 Å². The number of anilines is 1. The quantitative estimate of drug-likeness (QED) is 0.862. The molecule has 1 aliphatic heterocycles. The molecule has 0 spiro atoms. The van der Waals surface area contributed by atoms with Crippen LogP contribution in [0.5, 0.6) is 0 Å². The Balaban J connectivity index is 2.32. The van der Waals surface area contributed by atoms with Gasteiger partial charge in [-0.2, -0.15) is 4.31 Å². The molecule has 1 aromatic heterocycles. The fourth-order valence-electron chi connectivity index (χ4n) is 2.02. The van der Waals surface area contributed by atoms with Gasteiger partial charge >= 0.3 is 0 Å². The highest BCUT2D eigenvalue weighted by atomic mass is 32.2. The molecule has 1 saturated heterocycles. The van der Waals surface area contributed by atoms with Crippen molar-refractivity contribution in [2.45, 2.75) is 30.7 Å². The second-order valence-electron chi connectivity index (χ2n) is 4.22. The van der Waals surface area contributed by atoms with Crippen molar-refractivity contribution in [3.63, 3.8) is 0 Å². The first-order valence-corrected chi connectivity index (χ1v) is 7.27. The lowest BCUT2D eigenvalue weighted by molar-refractivity contribution is 0.422. The van der Waals surface area contributed by atoms with E-state index in [-0.39, 0.29) is 10.7 Å². The minimum Gasteiger partial charge on any atom is -0.396 e. The van der Waals surface area contributed by atoms with E-state index in [1.165, 1.54) is 10.5 Å². The van der Waals surface area contributed by atoms with E-state index in [1.54, 1.807) is 12.1 Å². The number of nitrogens with two attached hydrogens (primary N) is 1. The second kappa shape index (κ2) is 5.01. The standard InChI is InChI=1S/C11H17N3O2S/c12-10-6-5-7-13-11(10)17(15,16)14-8-3-1-2-4-9-14/h5-7H,1-4,8-9,12H2. The lowest BCUT2D eigenvalue weighted by atomic mass is 10.2. The van der Waals surface area contributed by atoms with Gasteiger partial charge in [0, 0.05) is 19.3 Å². The van der Waals surface area contributed by atoms with Gasteiger partial charge in [-0.1, -0.05) is 12.8 Å². The predicted molar refractivity (Wildman–Crippen MR) is 65.9 cm³/mol. The zero-order valence-electron chi connectivity index (χ0n) is 9.67. The number of hydrogen-bond acceptors (Lipinski definition) is 4. The number of nitrogens with zero attached hydrogens (tertiary/aromatic N) is 2. The maximum atomic E-state index is 12.3. The zero-order chi connectivity index (χ0) is 12.3. The molecule has 1 aromatic rings. The first kappa shape index (κ1) is 12.3. The second-order valence-corrected chi connectivity index (χ2v) is 6.07. The molecule has 0 bridgehead atoms. The Hall–Kier alpha value is -1.14. The number of aromatic nitrogens is 1. The molecule has 6 heteroatoms. The number of hydrogen-bond donors (Lipinski definition) is 1. The molecule has 1 aliphatic rings. The smallest absolute Gasteiger partial charge is 0.262 e. The molecule has 2 N–H and O–H groups in total. The maximum Gasteiger partial charge on any atom is 0.262 e. The van der Waals surface area contributed by atoms with Crippen LogP contribution in [0.4, 0.5) is 5.69 Å². The average Bonchev–Trinajstić information content (AvgIpc) is 2.58. The summed E-state index contributed by atoms with van der Waals surface area (Å²) in [4.78, 5) is 3.90. The van der Waals surface area contributed by atoms with Crippen LogP contribution in [0.2, 0.25) is 0 Å². The Labute approximate surface area is 102 Å². The Bertz CT molecular complexity index is 479. The third-order valence-corrected chi connectivity index (χ3v) is 4.82. The molecule has 2 rings (SSSR count). The molecule has 1 fully saturated rings. The number of pyridine rings is 1. The fourth-order valence-corrected chi connectivity index (χ4v) is 3.57. The first-order valence-electron chi connectivity index (χ1n) is 5.83. The molecule has 2 heterocycles. The normalized spacial score (nSPS) is 18.8. The summed E-state index contributed by atoms with van der Waals surface area (Å²) in [7, 11) is -3.52. The minimum absolute atomic E-state index is 0.0121. The predicted octanol–water partition coefficient (Wildman–Crippen LogP) is 1.23. The van der Waals surface area contributed by atoms with Crippen LogP contribution in [0, 0.1) is 0 Å². The summed E-state index contributed by atoms with van der Waals surface area (Å²) in [6.45, 7) is 1.14. The van der Waals surface area contributed by atoms with Crippen LogP contribution in [-0.2, 0) is 10.0 Å². The summed E-state index contributed by atoms with van der Waals surface area (Å²) in [6, 6.07) is 3.20. The molecular weight excluding hydrogens is 238 g/mol. The lowest BCUT2D eigenvalue weighted by Gasteiger charge is -2.19. The molecule has 5 nitrogen and oxygen atoms in total. The van der Waals surface area contributed by atoms with E-state index in [0.717, 1.165) is 25.7 Å². The highest BCUT2D eigenvalue weighted by molar-refractivity contribution is 7.89. The van der Waals surface area contributed by atoms with Crippen LogP contribution in [0.25, 0.3) is 0 Å². The van der Waals surface area contributed by atoms with Gasteiger partial charge < -0.3 is 5.73 Å². The topological polar surface area (TPSA) is 76.3 Å². The Kier molecular flexibility index (Phi) is 3.63. The third kappa shape index (κ3) is 2.58. The minimum atomic E-state index is -3.52. The van der Waals surface area contributed by atoms with Crippen LogP contribution in [-0.4, -0.2) is 30.8 Å². The molecule has 0 aliphatic carbocycles. The summed E-state index contributed by atoms with van der Waals surface area (Å²) in [5, 5.41) is -0.0121. The van der Waals surface area contributed by atoms with E-state index in [9.17, 15) is 8.42 Å². The van der Waals surface area contributed by atoms with E-state index in [4.69, 9.17) is 5.73 Å². The summed E-state index contributed by atoms with van der Waals surface area (Å²) >= 11 is 0. The van der Waals surface area contributed by atoms with E-state index in [0.29, 0.717) is 13.1 Å². The van der Waals surface area contributed by atoms with Gasteiger partial charge in [0.05, 0.1) is 5.69 Å². The summed E-state index contributed by atoms with van der Waals surface area (Å²) in [6.07, 6.45) is 5.45. The van der Waals surface area contributed by atoms with Gasteiger partial charge in [-0.05, 0) is 25.0 Å². The van der Waals surface area contributed by atoms with Crippen molar-refractivity contribution in [1.82, 2.24) is 9.29 Å². The molecule has 0 radical (unpaired) electrons. The van der Waals surface area contributed by atoms with Crippen LogP contribution in [0.15, 0.2) is 23.4 Å². The van der Waals surface area contributed by atoms with E-state index in [1.807, 2.05) is 0 Å². The van der Waals surface area contributed by atoms with E-state index in [2.05, 4.69) is 4.98 Å². The Morgan fingerprint density at radius 2 is 1.82 bits per heavy atom. The van der Waals surface area contributed by atoms with Crippen LogP contribution < -0.4 is 5.73 Å². The number of sulfonamides is 1. The number of rotatable bonds is 2. The molecule has 0 atom stereocenters. The molecule has 0 unspecified atom stereocenters. The molecule has 0 aromatic carbocycles. The summed E-state index contributed by atoms with van der Waals surface area (Å²) in [5.41, 5.74) is 5.90. The molecule has 94 valence electrons. The van der Waals surface area contributed by atoms with Gasteiger partial charge in [0.1, 0.15) is 0 Å². The maximum absolute atomic E-state index is 12.3. The van der Waals surface area contributed by atoms with Crippen molar-refractivity contribution < 1.29 is 8.42 Å². The Morgan fingerprint density at radius 1 is 1.18 bits per heavy atom. The van der Waals surface area contributed by atoms with Crippen molar-refractivity contribution >= 4 is 15.7 Å². The largest absolute Gasteiger partial charge is 0.396 e. The highest BCUT2D eigenvalue weighted by Crippen LogP contribution is 2.22.